The van der Waals surface area contributed by atoms with E-state index in [9.17, 15) is 4.79 Å². The molecule has 194 valence electrons. The zero-order valence-corrected chi connectivity index (χ0v) is 20.9. The summed E-state index contributed by atoms with van der Waals surface area (Å²) in [6, 6.07) is 3.55. The number of rotatable bonds is 5. The quantitative estimate of drug-likeness (QED) is 0.297. The van der Waals surface area contributed by atoms with Crippen LogP contribution in [0, 0.1) is 18.7 Å². The molecule has 0 spiro atoms. The Hall–Kier alpha value is -5.00. The third-order valence-corrected chi connectivity index (χ3v) is 7.16. The number of hydrogen-bond acceptors (Lipinski definition) is 7. The van der Waals surface area contributed by atoms with E-state index >= 15 is 4.39 Å². The van der Waals surface area contributed by atoms with Crippen molar-refractivity contribution in [2.45, 2.75) is 32.6 Å². The van der Waals surface area contributed by atoms with Crippen molar-refractivity contribution in [1.29, 1.82) is 0 Å². The van der Waals surface area contributed by atoms with Crippen LogP contribution in [-0.4, -0.2) is 50.6 Å². The first kappa shape index (κ1) is 23.1. The zero-order chi connectivity index (χ0) is 26.5. The summed E-state index contributed by atoms with van der Waals surface area (Å²) in [4.78, 5) is 37.7. The predicted molar refractivity (Wildman–Crippen MR) is 142 cm³/mol. The number of anilines is 1. The van der Waals surface area contributed by atoms with Crippen LogP contribution in [0.4, 0.5) is 10.1 Å². The molecule has 1 fully saturated rings. The van der Waals surface area contributed by atoms with Crippen molar-refractivity contribution in [2.24, 2.45) is 5.92 Å². The molecule has 0 saturated heterocycles. The molecule has 1 aliphatic rings. The Balaban J connectivity index is 1.28. The largest absolute Gasteiger partial charge is 0.334 e. The summed E-state index contributed by atoms with van der Waals surface area (Å²) >= 11 is 0. The minimum Gasteiger partial charge on any atom is -0.334 e. The summed E-state index contributed by atoms with van der Waals surface area (Å²) < 4.78 is 18.0. The third kappa shape index (κ3) is 4.00. The van der Waals surface area contributed by atoms with Crippen LogP contribution in [0.1, 0.15) is 31.4 Å². The summed E-state index contributed by atoms with van der Waals surface area (Å²) in [6.07, 6.45) is 13.7. The maximum absolute atomic E-state index is 16.1. The normalized spacial score (nSPS) is 14.0. The van der Waals surface area contributed by atoms with Crippen LogP contribution >= 0.6 is 0 Å². The van der Waals surface area contributed by atoms with E-state index in [1.54, 1.807) is 31.0 Å². The Kier molecular flexibility index (Phi) is 5.39. The van der Waals surface area contributed by atoms with Gasteiger partial charge in [0.05, 0.1) is 35.0 Å². The molecule has 12 heteroatoms. The number of amides is 1. The van der Waals surface area contributed by atoms with E-state index in [0.29, 0.717) is 33.9 Å². The standard InChI is InChI=1S/C27H23FN10O/c1-14-12-38(13-32-14)19-6-7-30-25-22(19)34-26(35-25)23-20-21(28)18(11-31-24(20)37-36-23)16-8-17(10-29-9-16)33-27(39)15-4-2-3-5-15/h6-13,15H,2-5H2,1H3,(H,33,39)(H,30,34,35)(H,31,36,37). The second-order valence-electron chi connectivity index (χ2n) is 9.75. The second-order valence-corrected chi connectivity index (χ2v) is 9.75. The molecule has 0 radical (unpaired) electrons. The van der Waals surface area contributed by atoms with Crippen LogP contribution in [0.25, 0.3) is 50.5 Å². The molecule has 6 heterocycles. The molecule has 1 amide bonds. The van der Waals surface area contributed by atoms with E-state index < -0.39 is 5.82 Å². The van der Waals surface area contributed by atoms with Crippen molar-refractivity contribution in [3.63, 3.8) is 0 Å². The average molecular weight is 523 g/mol. The van der Waals surface area contributed by atoms with Crippen LogP contribution < -0.4 is 5.32 Å². The van der Waals surface area contributed by atoms with Gasteiger partial charge in [0.15, 0.2) is 17.1 Å². The first-order valence-corrected chi connectivity index (χ1v) is 12.7. The smallest absolute Gasteiger partial charge is 0.227 e. The van der Waals surface area contributed by atoms with E-state index in [1.165, 1.54) is 6.20 Å². The lowest BCUT2D eigenvalue weighted by Gasteiger charge is -2.11. The number of carbonyl (C=O) groups excluding carboxylic acids is 1. The van der Waals surface area contributed by atoms with Crippen molar-refractivity contribution in [3.05, 3.63) is 61.0 Å². The second kappa shape index (κ2) is 9.08. The van der Waals surface area contributed by atoms with Gasteiger partial charge in [0.1, 0.15) is 17.0 Å². The van der Waals surface area contributed by atoms with E-state index in [4.69, 9.17) is 0 Å². The van der Waals surface area contributed by atoms with Crippen molar-refractivity contribution >= 4 is 33.8 Å². The number of fused-ring (bicyclic) bond motifs is 2. The topological polar surface area (TPSA) is 143 Å². The highest BCUT2D eigenvalue weighted by molar-refractivity contribution is 5.96. The van der Waals surface area contributed by atoms with E-state index in [2.05, 4.69) is 45.4 Å². The minimum atomic E-state index is -0.524. The summed E-state index contributed by atoms with van der Waals surface area (Å²) in [5.74, 6) is -0.170. The van der Waals surface area contributed by atoms with Gasteiger partial charge < -0.3 is 14.9 Å². The number of aryl methyl sites for hydroxylation is 1. The maximum Gasteiger partial charge on any atom is 0.227 e. The number of hydrogen-bond donors (Lipinski definition) is 3. The highest BCUT2D eigenvalue weighted by Gasteiger charge is 2.24. The van der Waals surface area contributed by atoms with Crippen LogP contribution in [0.15, 0.2) is 49.4 Å². The zero-order valence-electron chi connectivity index (χ0n) is 20.9. The van der Waals surface area contributed by atoms with Gasteiger partial charge in [-0.1, -0.05) is 12.8 Å². The Bertz CT molecular complexity index is 1860. The van der Waals surface area contributed by atoms with E-state index in [1.807, 2.05) is 23.8 Å². The van der Waals surface area contributed by atoms with Gasteiger partial charge in [-0.05, 0) is 31.9 Å². The molecule has 6 aromatic rings. The molecule has 1 saturated carbocycles. The summed E-state index contributed by atoms with van der Waals surface area (Å²) in [7, 11) is 0. The molecule has 0 aliphatic heterocycles. The lowest BCUT2D eigenvalue weighted by atomic mass is 10.1. The summed E-state index contributed by atoms with van der Waals surface area (Å²) in [5.41, 5.74) is 4.62. The van der Waals surface area contributed by atoms with Gasteiger partial charge in [0.25, 0.3) is 0 Å². The fourth-order valence-electron chi connectivity index (χ4n) is 5.20. The molecular formula is C27H23FN10O. The fraction of sp³-hybridized carbons (Fsp3) is 0.222. The Labute approximate surface area is 221 Å². The number of nitrogens with one attached hydrogen (secondary N) is 3. The molecule has 3 N–H and O–H groups in total. The van der Waals surface area contributed by atoms with Crippen LogP contribution in [-0.2, 0) is 4.79 Å². The molecule has 0 aromatic carbocycles. The van der Waals surface area contributed by atoms with Crippen LogP contribution in [0.2, 0.25) is 0 Å². The molecular weight excluding hydrogens is 499 g/mol. The van der Waals surface area contributed by atoms with Gasteiger partial charge in [0.2, 0.25) is 5.91 Å². The number of carbonyl (C=O) groups is 1. The highest BCUT2D eigenvalue weighted by Crippen LogP contribution is 2.34. The van der Waals surface area contributed by atoms with Crippen molar-refractivity contribution < 1.29 is 9.18 Å². The van der Waals surface area contributed by atoms with Gasteiger partial charge in [0, 0.05) is 41.8 Å². The predicted octanol–water partition coefficient (Wildman–Crippen LogP) is 4.72. The highest BCUT2D eigenvalue weighted by atomic mass is 19.1. The first-order valence-electron chi connectivity index (χ1n) is 12.7. The lowest BCUT2D eigenvalue weighted by molar-refractivity contribution is -0.119. The van der Waals surface area contributed by atoms with Crippen molar-refractivity contribution in [2.75, 3.05) is 5.32 Å². The maximum atomic E-state index is 16.1. The SMILES string of the molecule is Cc1cn(-c2ccnc3nc(-c4[nH]nc5ncc(-c6cncc(NC(=O)C7CCCC7)c6)c(F)c45)[nH]c23)cn1. The molecule has 6 aromatic heterocycles. The number of halogens is 1. The molecule has 11 nitrogen and oxygen atoms in total. The van der Waals surface area contributed by atoms with Gasteiger partial charge in [-0.2, -0.15) is 5.10 Å². The first-order chi connectivity index (χ1) is 19.0. The molecule has 39 heavy (non-hydrogen) atoms. The Morgan fingerprint density at radius 3 is 2.82 bits per heavy atom. The number of imidazole rings is 2. The monoisotopic (exact) mass is 522 g/mol. The Morgan fingerprint density at radius 1 is 1.13 bits per heavy atom. The molecule has 1 aliphatic carbocycles. The number of nitrogens with zero attached hydrogens (tertiary/aromatic N) is 7. The number of aromatic amines is 2. The molecule has 7 rings (SSSR count). The van der Waals surface area contributed by atoms with Crippen LogP contribution in [0.5, 0.6) is 0 Å². The van der Waals surface area contributed by atoms with Gasteiger partial charge >= 0.3 is 0 Å². The molecule has 0 atom stereocenters. The Morgan fingerprint density at radius 2 is 2.00 bits per heavy atom. The van der Waals surface area contributed by atoms with Gasteiger partial charge in [-0.3, -0.25) is 14.9 Å². The molecule has 0 bridgehead atoms. The van der Waals surface area contributed by atoms with Gasteiger partial charge in [-0.25, -0.2) is 24.3 Å². The van der Waals surface area contributed by atoms with Gasteiger partial charge in [-0.15, -0.1) is 0 Å². The fourth-order valence-corrected chi connectivity index (χ4v) is 5.20. The number of aromatic nitrogens is 9. The number of H-pyrrole nitrogens is 2. The lowest BCUT2D eigenvalue weighted by Crippen LogP contribution is -2.20. The van der Waals surface area contributed by atoms with E-state index in [0.717, 1.165) is 37.1 Å². The number of pyridine rings is 3. The summed E-state index contributed by atoms with van der Waals surface area (Å²) in [6.45, 7) is 1.91. The summed E-state index contributed by atoms with van der Waals surface area (Å²) in [5, 5.41) is 10.2. The average Bonchev–Trinajstić information content (AvgIpc) is 3.75. The minimum absolute atomic E-state index is 0.00788. The van der Waals surface area contributed by atoms with Crippen molar-refractivity contribution in [1.82, 2.24) is 44.7 Å². The van der Waals surface area contributed by atoms with Crippen molar-refractivity contribution in [3.8, 4) is 28.3 Å². The molecule has 0 unspecified atom stereocenters. The third-order valence-electron chi connectivity index (χ3n) is 7.16. The van der Waals surface area contributed by atoms with E-state index in [-0.39, 0.29) is 28.4 Å². The van der Waals surface area contributed by atoms with Crippen LogP contribution in [0.3, 0.4) is 0 Å².